The highest BCUT2D eigenvalue weighted by atomic mass is 32.2. The molecule has 0 saturated carbocycles. The Hall–Kier alpha value is -2.22. The molecule has 2 aromatic rings. The third-order valence-electron chi connectivity index (χ3n) is 4.41. The van der Waals surface area contributed by atoms with Gasteiger partial charge in [0, 0.05) is 19.5 Å². The van der Waals surface area contributed by atoms with E-state index in [1.165, 1.54) is 12.1 Å². The summed E-state index contributed by atoms with van der Waals surface area (Å²) in [5.41, 5.74) is 1.78. The van der Waals surface area contributed by atoms with Crippen LogP contribution in [0.1, 0.15) is 11.1 Å². The lowest BCUT2D eigenvalue weighted by molar-refractivity contribution is -0.142. The van der Waals surface area contributed by atoms with Crippen LogP contribution in [-0.2, 0) is 30.3 Å². The van der Waals surface area contributed by atoms with E-state index in [2.05, 4.69) is 0 Å². The highest BCUT2D eigenvalue weighted by Gasteiger charge is 2.32. The third kappa shape index (κ3) is 5.15. The summed E-state index contributed by atoms with van der Waals surface area (Å²) in [5.74, 6) is -0.335. The molecule has 0 bridgehead atoms. The van der Waals surface area contributed by atoms with Crippen molar-refractivity contribution in [1.29, 1.82) is 0 Å². The molecule has 27 heavy (non-hydrogen) atoms. The van der Waals surface area contributed by atoms with Gasteiger partial charge in [-0.1, -0.05) is 48.0 Å². The first kappa shape index (κ1) is 19.5. The zero-order chi connectivity index (χ0) is 19.3. The van der Waals surface area contributed by atoms with E-state index >= 15 is 0 Å². The minimum atomic E-state index is -4.06. The third-order valence-corrected chi connectivity index (χ3v) is 5.75. The zero-order valence-corrected chi connectivity index (χ0v) is 16.0. The SMILES string of the molecule is Cc1ccc(S(=O)(=O)O[C@@H](Cc2ccccc2)C(=O)N2CCOCC2)cc1. The molecule has 144 valence electrons. The number of benzene rings is 2. The van der Waals surface area contributed by atoms with Crippen LogP contribution >= 0.6 is 0 Å². The molecule has 1 heterocycles. The summed E-state index contributed by atoms with van der Waals surface area (Å²) in [6.45, 7) is 3.61. The van der Waals surface area contributed by atoms with Gasteiger partial charge in [-0.3, -0.25) is 8.98 Å². The quantitative estimate of drug-likeness (QED) is 0.708. The predicted octanol–water partition coefficient (Wildman–Crippen LogP) is 2.17. The topological polar surface area (TPSA) is 72.9 Å². The summed E-state index contributed by atoms with van der Waals surface area (Å²) in [5, 5.41) is 0. The van der Waals surface area contributed by atoms with Crippen molar-refractivity contribution in [3.63, 3.8) is 0 Å². The van der Waals surface area contributed by atoms with Crippen LogP contribution < -0.4 is 0 Å². The van der Waals surface area contributed by atoms with Crippen molar-refractivity contribution in [3.05, 3.63) is 65.7 Å². The molecule has 2 aromatic carbocycles. The second kappa shape index (κ2) is 8.65. The normalized spacial score (nSPS) is 16.1. The Balaban J connectivity index is 1.84. The van der Waals surface area contributed by atoms with E-state index in [1.54, 1.807) is 17.0 Å². The van der Waals surface area contributed by atoms with Crippen LogP contribution in [0.5, 0.6) is 0 Å². The number of nitrogens with zero attached hydrogens (tertiary/aromatic N) is 1. The number of amides is 1. The molecular formula is C20H23NO5S. The van der Waals surface area contributed by atoms with Gasteiger partial charge < -0.3 is 9.64 Å². The van der Waals surface area contributed by atoms with Crippen molar-refractivity contribution in [2.24, 2.45) is 0 Å². The van der Waals surface area contributed by atoms with E-state index < -0.39 is 16.2 Å². The van der Waals surface area contributed by atoms with Crippen LogP contribution in [0.15, 0.2) is 59.5 Å². The highest BCUT2D eigenvalue weighted by molar-refractivity contribution is 7.86. The summed E-state index contributed by atoms with van der Waals surface area (Å²) in [6.07, 6.45) is -0.931. The molecule has 1 saturated heterocycles. The Bertz CT molecular complexity index is 859. The molecule has 0 aliphatic carbocycles. The average Bonchev–Trinajstić information content (AvgIpc) is 2.68. The Morgan fingerprint density at radius 3 is 2.33 bits per heavy atom. The van der Waals surface area contributed by atoms with Crippen LogP contribution in [0.3, 0.4) is 0 Å². The smallest absolute Gasteiger partial charge is 0.297 e. The number of hydrogen-bond acceptors (Lipinski definition) is 5. The average molecular weight is 389 g/mol. The van der Waals surface area contributed by atoms with Crippen molar-refractivity contribution < 1.29 is 22.1 Å². The van der Waals surface area contributed by atoms with Crippen molar-refractivity contribution in [2.75, 3.05) is 26.3 Å². The fraction of sp³-hybridized carbons (Fsp3) is 0.350. The molecule has 0 aromatic heterocycles. The zero-order valence-electron chi connectivity index (χ0n) is 15.2. The van der Waals surface area contributed by atoms with Gasteiger partial charge in [-0.15, -0.1) is 0 Å². The van der Waals surface area contributed by atoms with Gasteiger partial charge in [0.2, 0.25) is 0 Å². The van der Waals surface area contributed by atoms with E-state index in [0.717, 1.165) is 11.1 Å². The van der Waals surface area contributed by atoms with Crippen LogP contribution in [0.4, 0.5) is 0 Å². The fourth-order valence-electron chi connectivity index (χ4n) is 2.89. The van der Waals surface area contributed by atoms with Crippen molar-refractivity contribution in [2.45, 2.75) is 24.3 Å². The number of hydrogen-bond donors (Lipinski definition) is 0. The fourth-order valence-corrected chi connectivity index (χ4v) is 3.93. The van der Waals surface area contributed by atoms with E-state index in [1.807, 2.05) is 37.3 Å². The van der Waals surface area contributed by atoms with Crippen LogP contribution in [0.25, 0.3) is 0 Å². The van der Waals surface area contributed by atoms with Gasteiger partial charge in [0.1, 0.15) is 0 Å². The monoisotopic (exact) mass is 389 g/mol. The van der Waals surface area contributed by atoms with Crippen LogP contribution in [0.2, 0.25) is 0 Å². The lowest BCUT2D eigenvalue weighted by Gasteiger charge is -2.30. The Labute approximate surface area is 159 Å². The summed E-state index contributed by atoms with van der Waals surface area (Å²) in [4.78, 5) is 14.6. The second-order valence-corrected chi connectivity index (χ2v) is 8.05. The second-order valence-electron chi connectivity index (χ2n) is 6.48. The van der Waals surface area contributed by atoms with E-state index in [9.17, 15) is 13.2 Å². The first-order chi connectivity index (χ1) is 13.0. The standard InChI is InChI=1S/C20H23NO5S/c1-16-7-9-18(10-8-16)27(23,24)26-19(15-17-5-3-2-4-6-17)20(22)21-11-13-25-14-12-21/h2-10,19H,11-15H2,1H3/t19-/m0/s1. The molecule has 0 unspecified atom stereocenters. The van der Waals surface area contributed by atoms with Crippen molar-refractivity contribution >= 4 is 16.0 Å². The first-order valence-corrected chi connectivity index (χ1v) is 10.3. The predicted molar refractivity (Wildman–Crippen MR) is 101 cm³/mol. The number of morpholine rings is 1. The summed E-state index contributed by atoms with van der Waals surface area (Å²) < 4.78 is 36.1. The number of carbonyl (C=O) groups is 1. The van der Waals surface area contributed by atoms with Gasteiger partial charge in [0.15, 0.2) is 6.10 Å². The Morgan fingerprint density at radius 1 is 1.07 bits per heavy atom. The number of aryl methyl sites for hydroxylation is 1. The van der Waals surface area contributed by atoms with Gasteiger partial charge in [-0.2, -0.15) is 8.42 Å². The number of carbonyl (C=O) groups excluding carboxylic acids is 1. The summed E-state index contributed by atoms with van der Waals surface area (Å²) in [7, 11) is -4.06. The van der Waals surface area contributed by atoms with E-state index in [4.69, 9.17) is 8.92 Å². The van der Waals surface area contributed by atoms with Crippen molar-refractivity contribution in [1.82, 2.24) is 4.90 Å². The van der Waals surface area contributed by atoms with Gasteiger partial charge in [0.05, 0.1) is 18.1 Å². The molecule has 1 aliphatic rings. The maximum absolute atomic E-state index is 12.9. The molecule has 3 rings (SSSR count). The van der Waals surface area contributed by atoms with Gasteiger partial charge >= 0.3 is 0 Å². The molecule has 1 fully saturated rings. The largest absolute Gasteiger partial charge is 0.378 e. The molecule has 0 N–H and O–H groups in total. The first-order valence-electron chi connectivity index (χ1n) is 8.86. The minimum Gasteiger partial charge on any atom is -0.378 e. The summed E-state index contributed by atoms with van der Waals surface area (Å²) >= 11 is 0. The molecule has 1 atom stereocenters. The van der Waals surface area contributed by atoms with E-state index in [-0.39, 0.29) is 17.2 Å². The summed E-state index contributed by atoms with van der Waals surface area (Å²) in [6, 6.07) is 15.6. The Kier molecular flexibility index (Phi) is 6.26. The number of ether oxygens (including phenoxy) is 1. The molecule has 0 radical (unpaired) electrons. The van der Waals surface area contributed by atoms with Crippen LogP contribution in [0, 0.1) is 6.92 Å². The Morgan fingerprint density at radius 2 is 1.70 bits per heavy atom. The molecule has 1 aliphatic heterocycles. The molecule has 6 nitrogen and oxygen atoms in total. The lowest BCUT2D eigenvalue weighted by atomic mass is 10.1. The van der Waals surface area contributed by atoms with E-state index in [0.29, 0.717) is 26.3 Å². The lowest BCUT2D eigenvalue weighted by Crippen LogP contribution is -2.47. The van der Waals surface area contributed by atoms with Crippen LogP contribution in [-0.4, -0.2) is 51.6 Å². The molecular weight excluding hydrogens is 366 g/mol. The highest BCUT2D eigenvalue weighted by Crippen LogP contribution is 2.19. The van der Waals surface area contributed by atoms with Gasteiger partial charge in [0.25, 0.3) is 16.0 Å². The van der Waals surface area contributed by atoms with Gasteiger partial charge in [-0.25, -0.2) is 0 Å². The number of rotatable bonds is 6. The van der Waals surface area contributed by atoms with Crippen molar-refractivity contribution in [3.8, 4) is 0 Å². The molecule has 0 spiro atoms. The maximum Gasteiger partial charge on any atom is 0.297 e. The molecule has 1 amide bonds. The maximum atomic E-state index is 12.9. The molecule has 7 heteroatoms. The van der Waals surface area contributed by atoms with Gasteiger partial charge in [-0.05, 0) is 24.6 Å². The minimum absolute atomic E-state index is 0.0425.